The van der Waals surface area contributed by atoms with Gasteiger partial charge in [-0.2, -0.15) is 0 Å². The standard InChI is InChI=1S/C17H28N2O/c1-2-3-4-5-6-7-8-9-13-19-17(20)15-11-10-12-16(18)14-15/h10-12,14H,2-9,13,18H2,1H3,(H,19,20). The monoisotopic (exact) mass is 276 g/mol. The number of unbranched alkanes of at least 4 members (excludes halogenated alkanes) is 7. The Balaban J connectivity index is 2.02. The zero-order chi connectivity index (χ0) is 14.6. The van der Waals surface area contributed by atoms with Crippen LogP contribution < -0.4 is 11.1 Å². The first kappa shape index (κ1) is 16.5. The third-order valence-corrected chi connectivity index (χ3v) is 3.46. The second kappa shape index (κ2) is 10.3. The van der Waals surface area contributed by atoms with E-state index < -0.39 is 0 Å². The predicted molar refractivity (Wildman–Crippen MR) is 85.8 cm³/mol. The van der Waals surface area contributed by atoms with Crippen LogP contribution >= 0.6 is 0 Å². The van der Waals surface area contributed by atoms with Crippen molar-refractivity contribution < 1.29 is 4.79 Å². The molecule has 0 aliphatic carbocycles. The van der Waals surface area contributed by atoms with Crippen molar-refractivity contribution in [1.29, 1.82) is 0 Å². The molecule has 1 rings (SSSR count). The van der Waals surface area contributed by atoms with Gasteiger partial charge < -0.3 is 11.1 Å². The molecule has 0 aromatic heterocycles. The Kier molecular flexibility index (Phi) is 8.52. The largest absolute Gasteiger partial charge is 0.399 e. The molecule has 3 N–H and O–H groups in total. The maximum absolute atomic E-state index is 11.8. The van der Waals surface area contributed by atoms with Crippen molar-refractivity contribution in [2.45, 2.75) is 58.3 Å². The van der Waals surface area contributed by atoms with Gasteiger partial charge in [0, 0.05) is 17.8 Å². The van der Waals surface area contributed by atoms with Crippen LogP contribution in [0, 0.1) is 0 Å². The van der Waals surface area contributed by atoms with E-state index in [2.05, 4.69) is 12.2 Å². The van der Waals surface area contributed by atoms with E-state index in [-0.39, 0.29) is 5.91 Å². The number of carbonyl (C=O) groups is 1. The molecule has 1 amide bonds. The minimum atomic E-state index is -0.0276. The van der Waals surface area contributed by atoms with Crippen LogP contribution in [0.1, 0.15) is 68.6 Å². The second-order valence-electron chi connectivity index (χ2n) is 5.36. The fraction of sp³-hybridized carbons (Fsp3) is 0.588. The number of nitrogen functional groups attached to an aromatic ring is 1. The average molecular weight is 276 g/mol. The summed E-state index contributed by atoms with van der Waals surface area (Å²) in [7, 11) is 0. The molecule has 0 aliphatic heterocycles. The highest BCUT2D eigenvalue weighted by Gasteiger charge is 2.04. The van der Waals surface area contributed by atoms with Gasteiger partial charge in [0.1, 0.15) is 0 Å². The van der Waals surface area contributed by atoms with E-state index in [4.69, 9.17) is 5.73 Å². The number of hydrogen-bond acceptors (Lipinski definition) is 2. The molecule has 0 spiro atoms. The lowest BCUT2D eigenvalue weighted by atomic mass is 10.1. The first-order valence-electron chi connectivity index (χ1n) is 7.87. The lowest BCUT2D eigenvalue weighted by Crippen LogP contribution is -2.24. The number of benzene rings is 1. The molecular weight excluding hydrogens is 248 g/mol. The van der Waals surface area contributed by atoms with E-state index in [1.807, 2.05) is 0 Å². The molecular formula is C17H28N2O. The summed E-state index contributed by atoms with van der Waals surface area (Å²) in [6.07, 6.45) is 10.2. The Morgan fingerprint density at radius 1 is 1.05 bits per heavy atom. The lowest BCUT2D eigenvalue weighted by Gasteiger charge is -2.06. The van der Waals surface area contributed by atoms with E-state index in [1.54, 1.807) is 24.3 Å². The van der Waals surface area contributed by atoms with Gasteiger partial charge in [-0.15, -0.1) is 0 Å². The normalized spacial score (nSPS) is 10.4. The molecule has 3 nitrogen and oxygen atoms in total. The number of anilines is 1. The van der Waals surface area contributed by atoms with Crippen LogP contribution in [0.25, 0.3) is 0 Å². The third-order valence-electron chi connectivity index (χ3n) is 3.46. The Morgan fingerprint density at radius 3 is 2.35 bits per heavy atom. The van der Waals surface area contributed by atoms with E-state index in [0.29, 0.717) is 11.3 Å². The Morgan fingerprint density at radius 2 is 1.70 bits per heavy atom. The van der Waals surface area contributed by atoms with Crippen LogP contribution in [0.15, 0.2) is 24.3 Å². The van der Waals surface area contributed by atoms with Gasteiger partial charge in [-0.05, 0) is 24.6 Å². The van der Waals surface area contributed by atoms with Crippen molar-refractivity contribution in [2.75, 3.05) is 12.3 Å². The van der Waals surface area contributed by atoms with E-state index in [9.17, 15) is 4.79 Å². The molecule has 112 valence electrons. The molecule has 0 unspecified atom stereocenters. The maximum atomic E-state index is 11.8. The summed E-state index contributed by atoms with van der Waals surface area (Å²) in [5, 5.41) is 2.94. The van der Waals surface area contributed by atoms with Crippen LogP contribution in [-0.2, 0) is 0 Å². The quantitative estimate of drug-likeness (QED) is 0.498. The fourth-order valence-electron chi connectivity index (χ4n) is 2.24. The summed E-state index contributed by atoms with van der Waals surface area (Å²) in [4.78, 5) is 11.8. The number of nitrogens with two attached hydrogens (primary N) is 1. The van der Waals surface area contributed by atoms with Crippen LogP contribution in [-0.4, -0.2) is 12.5 Å². The van der Waals surface area contributed by atoms with Crippen molar-refractivity contribution >= 4 is 11.6 Å². The third kappa shape index (κ3) is 7.17. The first-order valence-corrected chi connectivity index (χ1v) is 7.87. The van der Waals surface area contributed by atoms with Crippen molar-refractivity contribution in [2.24, 2.45) is 0 Å². The van der Waals surface area contributed by atoms with Gasteiger partial charge in [0.05, 0.1) is 0 Å². The Labute approximate surface area is 122 Å². The molecule has 20 heavy (non-hydrogen) atoms. The summed E-state index contributed by atoms with van der Waals surface area (Å²) in [5.41, 5.74) is 6.93. The Bertz CT molecular complexity index is 390. The van der Waals surface area contributed by atoms with Crippen molar-refractivity contribution in [3.63, 3.8) is 0 Å². The second-order valence-corrected chi connectivity index (χ2v) is 5.36. The van der Waals surface area contributed by atoms with Gasteiger partial charge in [-0.3, -0.25) is 4.79 Å². The minimum absolute atomic E-state index is 0.0276. The molecule has 0 aliphatic rings. The highest BCUT2D eigenvalue weighted by molar-refractivity contribution is 5.94. The zero-order valence-electron chi connectivity index (χ0n) is 12.7. The minimum Gasteiger partial charge on any atom is -0.399 e. The van der Waals surface area contributed by atoms with Gasteiger partial charge in [0.25, 0.3) is 5.91 Å². The summed E-state index contributed by atoms with van der Waals surface area (Å²) in [5.74, 6) is -0.0276. The topological polar surface area (TPSA) is 55.1 Å². The van der Waals surface area contributed by atoms with Crippen LogP contribution in [0.3, 0.4) is 0 Å². The van der Waals surface area contributed by atoms with E-state index >= 15 is 0 Å². The maximum Gasteiger partial charge on any atom is 0.251 e. The van der Waals surface area contributed by atoms with Gasteiger partial charge in [-0.1, -0.05) is 57.9 Å². The van der Waals surface area contributed by atoms with Gasteiger partial charge in [0.15, 0.2) is 0 Å². The average Bonchev–Trinajstić information content (AvgIpc) is 2.45. The van der Waals surface area contributed by atoms with Crippen molar-refractivity contribution in [3.8, 4) is 0 Å². The molecule has 0 bridgehead atoms. The number of rotatable bonds is 10. The SMILES string of the molecule is CCCCCCCCCCNC(=O)c1cccc(N)c1. The summed E-state index contributed by atoms with van der Waals surface area (Å²) >= 11 is 0. The first-order chi connectivity index (χ1) is 9.74. The molecule has 0 saturated carbocycles. The smallest absolute Gasteiger partial charge is 0.251 e. The van der Waals surface area contributed by atoms with Gasteiger partial charge >= 0.3 is 0 Å². The van der Waals surface area contributed by atoms with Crippen molar-refractivity contribution in [3.05, 3.63) is 29.8 Å². The number of carbonyl (C=O) groups excluding carboxylic acids is 1. The molecule has 1 aromatic rings. The van der Waals surface area contributed by atoms with E-state index in [0.717, 1.165) is 13.0 Å². The van der Waals surface area contributed by atoms with Gasteiger partial charge in [0.2, 0.25) is 0 Å². The highest BCUT2D eigenvalue weighted by atomic mass is 16.1. The number of amides is 1. The molecule has 0 fully saturated rings. The molecule has 0 saturated heterocycles. The summed E-state index contributed by atoms with van der Waals surface area (Å²) < 4.78 is 0. The summed E-state index contributed by atoms with van der Waals surface area (Å²) in [6, 6.07) is 7.10. The number of hydrogen-bond donors (Lipinski definition) is 2. The van der Waals surface area contributed by atoms with E-state index in [1.165, 1.54) is 44.9 Å². The fourth-order valence-corrected chi connectivity index (χ4v) is 2.24. The molecule has 3 heteroatoms. The van der Waals surface area contributed by atoms with Crippen LogP contribution in [0.4, 0.5) is 5.69 Å². The van der Waals surface area contributed by atoms with Crippen LogP contribution in [0.5, 0.6) is 0 Å². The predicted octanol–water partition coefficient (Wildman–Crippen LogP) is 4.14. The van der Waals surface area contributed by atoms with Gasteiger partial charge in [-0.25, -0.2) is 0 Å². The van der Waals surface area contributed by atoms with Crippen molar-refractivity contribution in [1.82, 2.24) is 5.32 Å². The molecule has 0 radical (unpaired) electrons. The molecule has 0 atom stereocenters. The number of nitrogens with one attached hydrogen (secondary N) is 1. The van der Waals surface area contributed by atoms with Crippen LogP contribution in [0.2, 0.25) is 0 Å². The summed E-state index contributed by atoms with van der Waals surface area (Å²) in [6.45, 7) is 2.99. The zero-order valence-corrected chi connectivity index (χ0v) is 12.7. The lowest BCUT2D eigenvalue weighted by molar-refractivity contribution is 0.0953. The molecule has 1 aromatic carbocycles. The molecule has 0 heterocycles. The Hall–Kier alpha value is -1.51. The highest BCUT2D eigenvalue weighted by Crippen LogP contribution is 2.08.